The smallest absolute Gasteiger partial charge is 0.391 e. The van der Waals surface area contributed by atoms with Gasteiger partial charge in [-0.3, -0.25) is 9.79 Å². The molecule has 6 aliphatic rings. The SMILES string of the molecule is COc1ccc(N=C([O-])C[N+]23CC[N+](Cc4ccc5c(c4)-c4ccc(C6=C(C(=O)O)[NH+]7C(=O)[C@H]([C@@H](C)O)[C@H]7[C@H]6C)cc4C5=O)(CC2)CC3)cc1. The van der Waals surface area contributed by atoms with E-state index in [-0.39, 0.29) is 35.2 Å². The first-order valence-corrected chi connectivity index (χ1v) is 17.4. The van der Waals surface area contributed by atoms with Crippen molar-refractivity contribution in [2.24, 2.45) is 16.8 Å². The number of aliphatic imine (C=N–C) groups is 1. The number of quaternary nitrogens is 3. The van der Waals surface area contributed by atoms with E-state index in [9.17, 15) is 29.7 Å². The maximum atomic E-state index is 13.7. The van der Waals surface area contributed by atoms with Crippen molar-refractivity contribution in [3.63, 3.8) is 0 Å². The van der Waals surface area contributed by atoms with Gasteiger partial charge >= 0.3 is 11.9 Å². The molecule has 1 unspecified atom stereocenters. The highest BCUT2D eigenvalue weighted by atomic mass is 16.5. The molecule has 0 spiro atoms. The molecule has 4 saturated heterocycles. The number of aliphatic carboxylic acids is 1. The molecule has 5 atom stereocenters. The number of amides is 1. The Morgan fingerprint density at radius 1 is 0.940 bits per heavy atom. The number of nitrogens with one attached hydrogen (secondary N) is 1. The number of rotatable bonds is 9. The van der Waals surface area contributed by atoms with Crippen LogP contribution in [0.4, 0.5) is 5.69 Å². The summed E-state index contributed by atoms with van der Waals surface area (Å²) < 4.78 is 6.94. The van der Waals surface area contributed by atoms with Gasteiger partial charge in [0, 0.05) is 34.1 Å². The summed E-state index contributed by atoms with van der Waals surface area (Å²) in [7, 11) is 1.61. The fraction of sp³-hybridized carbons (Fsp3) is 0.385. The number of carboxylic acid groups (broad SMARTS) is 1. The van der Waals surface area contributed by atoms with Crippen molar-refractivity contribution in [1.82, 2.24) is 0 Å². The van der Waals surface area contributed by atoms with Crippen molar-refractivity contribution in [1.29, 1.82) is 0 Å². The van der Waals surface area contributed by atoms with Gasteiger partial charge < -0.3 is 29.0 Å². The third-order valence-corrected chi connectivity index (χ3v) is 12.2. The van der Waals surface area contributed by atoms with Crippen LogP contribution in [0.1, 0.15) is 40.9 Å². The minimum absolute atomic E-state index is 0.0187. The molecule has 1 aliphatic carbocycles. The summed E-state index contributed by atoms with van der Waals surface area (Å²) in [5.41, 5.74) is 5.91. The van der Waals surface area contributed by atoms with Gasteiger partial charge in [0.2, 0.25) is 5.70 Å². The Morgan fingerprint density at radius 2 is 1.60 bits per heavy atom. The van der Waals surface area contributed by atoms with E-state index < -0.39 is 18.0 Å². The lowest BCUT2D eigenvalue weighted by atomic mass is 9.76. The van der Waals surface area contributed by atoms with Gasteiger partial charge in [0.25, 0.3) is 0 Å². The predicted molar refractivity (Wildman–Crippen MR) is 182 cm³/mol. The number of carbonyl (C=O) groups excluding carboxylic acids is 2. The molecule has 11 heteroatoms. The summed E-state index contributed by atoms with van der Waals surface area (Å²) >= 11 is 0. The van der Waals surface area contributed by atoms with E-state index in [0.717, 1.165) is 77.2 Å². The summed E-state index contributed by atoms with van der Waals surface area (Å²) in [5.74, 6) is -1.80. The molecule has 5 heterocycles. The fourth-order valence-corrected chi connectivity index (χ4v) is 9.47. The molecule has 0 radical (unpaired) electrons. The molecule has 9 rings (SSSR count). The third kappa shape index (κ3) is 5.02. The summed E-state index contributed by atoms with van der Waals surface area (Å²) in [6.45, 7) is 10.4. The standard InChI is InChI=1S/C39H40N4O7/c1-22-33(36(39(48)49)41-35(22)34(23(2)44)38(41)47)25-5-11-28-30-18-24(4-10-29(30)37(46)31(28)19-25)20-42-12-15-43(16-13-42,17-14-42)21-32(45)40-26-6-8-27(50-3)9-7-26/h4-11,18-19,22-23,34-35,44H,12-17,20-21H2,1-3H3/p+2/t22-,23+,34+,35+,42?,43?/m0/s1. The average Bonchev–Trinajstić information content (AvgIpc) is 3.52. The van der Waals surface area contributed by atoms with E-state index >= 15 is 0 Å². The molecule has 258 valence electrons. The normalized spacial score (nSPS) is 30.1. The molecular formula is C39H42N4O7+2. The average molecular weight is 679 g/mol. The molecule has 4 fully saturated rings. The summed E-state index contributed by atoms with van der Waals surface area (Å²) in [6.07, 6.45) is -0.865. The molecule has 0 saturated carbocycles. The molecule has 3 aromatic rings. The van der Waals surface area contributed by atoms with Gasteiger partial charge in [-0.25, -0.2) is 14.5 Å². The number of hydrogen-bond donors (Lipinski definition) is 3. The molecular weight excluding hydrogens is 636 g/mol. The number of aliphatic hydroxyl groups is 1. The van der Waals surface area contributed by atoms with Crippen molar-refractivity contribution >= 4 is 34.8 Å². The number of ketones is 1. The van der Waals surface area contributed by atoms with Gasteiger partial charge in [0.05, 0.1) is 18.9 Å². The second-order valence-corrected chi connectivity index (χ2v) is 15.0. The summed E-state index contributed by atoms with van der Waals surface area (Å²) in [6, 6.07) is 18.5. The molecule has 3 N–H and O–H groups in total. The first-order valence-electron chi connectivity index (χ1n) is 17.4. The van der Waals surface area contributed by atoms with Crippen LogP contribution in [0.5, 0.6) is 5.75 Å². The number of methoxy groups -OCH3 is 1. The summed E-state index contributed by atoms with van der Waals surface area (Å²) in [5, 5.41) is 33.4. The van der Waals surface area contributed by atoms with E-state index in [1.165, 1.54) is 0 Å². The third-order valence-electron chi connectivity index (χ3n) is 12.2. The highest BCUT2D eigenvalue weighted by Crippen LogP contribution is 2.43. The Morgan fingerprint density at radius 3 is 2.24 bits per heavy atom. The molecule has 0 aromatic heterocycles. The van der Waals surface area contributed by atoms with Crippen LogP contribution in [-0.4, -0.2) is 108 Å². The van der Waals surface area contributed by atoms with Gasteiger partial charge in [-0.2, -0.15) is 0 Å². The number of ether oxygens (including phenoxy) is 1. The van der Waals surface area contributed by atoms with Crippen molar-refractivity contribution in [2.75, 3.05) is 52.9 Å². The topological polar surface area (TPSA) is 141 Å². The van der Waals surface area contributed by atoms with Crippen molar-refractivity contribution in [3.8, 4) is 16.9 Å². The predicted octanol–water partition coefficient (Wildman–Crippen LogP) is 1.39. The van der Waals surface area contributed by atoms with Crippen molar-refractivity contribution in [2.45, 2.75) is 32.5 Å². The molecule has 3 aromatic carbocycles. The highest BCUT2D eigenvalue weighted by Gasteiger charge is 2.66. The molecule has 11 nitrogen and oxygen atoms in total. The quantitative estimate of drug-likeness (QED) is 0.105. The number of benzene rings is 3. The zero-order valence-corrected chi connectivity index (χ0v) is 28.5. The number of hydrogen-bond acceptors (Lipinski definition) is 7. The monoisotopic (exact) mass is 678 g/mol. The number of carboxylic acids is 1. The van der Waals surface area contributed by atoms with Gasteiger partial charge in [-0.1, -0.05) is 25.1 Å². The number of fused-ring (bicyclic) bond motifs is 7. The number of aliphatic hydroxyl groups excluding tert-OH is 1. The Kier molecular flexibility index (Phi) is 7.61. The van der Waals surface area contributed by atoms with Crippen LogP contribution in [0.3, 0.4) is 0 Å². The Hall–Kier alpha value is -4.68. The van der Waals surface area contributed by atoms with Crippen LogP contribution in [0.2, 0.25) is 0 Å². The first kappa shape index (κ1) is 32.5. The lowest BCUT2D eigenvalue weighted by Gasteiger charge is -2.56. The van der Waals surface area contributed by atoms with E-state index in [1.807, 2.05) is 37.3 Å². The Balaban J connectivity index is 0.996. The number of carbonyl (C=O) groups is 3. The van der Waals surface area contributed by atoms with Crippen molar-refractivity contribution < 1.29 is 48.3 Å². The van der Waals surface area contributed by atoms with E-state index in [4.69, 9.17) is 4.74 Å². The lowest BCUT2D eigenvalue weighted by molar-refractivity contribution is -1.08. The van der Waals surface area contributed by atoms with Crippen LogP contribution in [0, 0.1) is 11.8 Å². The molecule has 2 bridgehead atoms. The molecule has 5 aliphatic heterocycles. The van der Waals surface area contributed by atoms with Crippen LogP contribution in [0.15, 0.2) is 71.4 Å². The molecule has 50 heavy (non-hydrogen) atoms. The van der Waals surface area contributed by atoms with E-state index in [2.05, 4.69) is 17.1 Å². The Labute approximate surface area is 290 Å². The van der Waals surface area contributed by atoms with E-state index in [0.29, 0.717) is 39.4 Å². The first-order chi connectivity index (χ1) is 23.9. The van der Waals surface area contributed by atoms with Gasteiger partial charge in [0.15, 0.2) is 11.7 Å². The fourth-order valence-electron chi connectivity index (χ4n) is 9.47. The number of β-lactam (4-membered cyclic amide) rings is 1. The lowest BCUT2D eigenvalue weighted by Crippen LogP contribution is -3.25. The van der Waals surface area contributed by atoms with Gasteiger partial charge in [0.1, 0.15) is 64.1 Å². The minimum atomic E-state index is -1.16. The van der Waals surface area contributed by atoms with Crippen molar-refractivity contribution in [3.05, 3.63) is 88.6 Å². The zero-order valence-electron chi connectivity index (χ0n) is 28.5. The number of nitrogens with zero attached hydrogens (tertiary/aromatic N) is 3. The second kappa shape index (κ2) is 11.7. The van der Waals surface area contributed by atoms with Crippen LogP contribution in [0.25, 0.3) is 16.7 Å². The zero-order chi connectivity index (χ0) is 35.1. The van der Waals surface area contributed by atoms with Gasteiger partial charge in [-0.15, -0.1) is 0 Å². The molecule has 1 amide bonds. The summed E-state index contributed by atoms with van der Waals surface area (Å²) in [4.78, 5) is 43.7. The second-order valence-electron chi connectivity index (χ2n) is 15.0. The van der Waals surface area contributed by atoms with Crippen LogP contribution < -0.4 is 14.7 Å². The Bertz CT molecular complexity index is 1990. The van der Waals surface area contributed by atoms with Gasteiger partial charge in [-0.05, 0) is 66.1 Å². The maximum Gasteiger partial charge on any atom is 0.391 e. The van der Waals surface area contributed by atoms with Crippen LogP contribution >= 0.6 is 0 Å². The highest BCUT2D eigenvalue weighted by molar-refractivity contribution is 6.22. The van der Waals surface area contributed by atoms with Crippen LogP contribution in [-0.2, 0) is 16.1 Å². The largest absolute Gasteiger partial charge is 0.858 e. The number of piperazine rings is 3. The minimum Gasteiger partial charge on any atom is -0.858 e. The maximum absolute atomic E-state index is 13.7. The van der Waals surface area contributed by atoms with E-state index in [1.54, 1.807) is 32.2 Å².